The Balaban J connectivity index is 2.34. The zero-order chi connectivity index (χ0) is 13.3. The maximum atomic E-state index is 12.2. The van der Waals surface area contributed by atoms with E-state index in [1.54, 1.807) is 0 Å². The Morgan fingerprint density at radius 3 is 2.89 bits per heavy atom. The Labute approximate surface area is 113 Å². The number of halogens is 1. The number of benzene rings is 1. The van der Waals surface area contributed by atoms with Crippen molar-refractivity contribution in [3.63, 3.8) is 0 Å². The highest BCUT2D eigenvalue weighted by Crippen LogP contribution is 2.44. The molecule has 0 spiro atoms. The Morgan fingerprint density at radius 1 is 1.50 bits per heavy atom. The van der Waals surface area contributed by atoms with Crippen molar-refractivity contribution in [2.75, 3.05) is 18.0 Å². The summed E-state index contributed by atoms with van der Waals surface area (Å²) < 4.78 is 0. The van der Waals surface area contributed by atoms with Crippen LogP contribution in [0, 0.1) is 0 Å². The monoisotopic (exact) mass is 266 g/mol. The van der Waals surface area contributed by atoms with Gasteiger partial charge in [-0.25, -0.2) is 0 Å². The lowest BCUT2D eigenvalue weighted by Crippen LogP contribution is -2.34. The van der Waals surface area contributed by atoms with E-state index < -0.39 is 0 Å². The van der Waals surface area contributed by atoms with Gasteiger partial charge in [-0.2, -0.15) is 0 Å². The third-order valence-corrected chi connectivity index (χ3v) is 3.72. The molecule has 0 aromatic heterocycles. The molecule has 0 aliphatic carbocycles. The summed E-state index contributed by atoms with van der Waals surface area (Å²) >= 11 is 6.27. The summed E-state index contributed by atoms with van der Waals surface area (Å²) in [7, 11) is 0. The van der Waals surface area contributed by atoms with Crippen LogP contribution in [0.2, 0.25) is 5.02 Å². The second-order valence-electron chi connectivity index (χ2n) is 5.39. The molecule has 1 amide bonds. The van der Waals surface area contributed by atoms with Gasteiger partial charge < -0.3 is 10.6 Å². The molecular formula is C14H19ClN2O. The van der Waals surface area contributed by atoms with Crippen LogP contribution in [0.15, 0.2) is 18.2 Å². The number of hydrogen-bond acceptors (Lipinski definition) is 2. The van der Waals surface area contributed by atoms with Crippen LogP contribution >= 0.6 is 11.6 Å². The first kappa shape index (κ1) is 13.4. The first-order chi connectivity index (χ1) is 8.47. The molecule has 2 N–H and O–H groups in total. The number of rotatable bonds is 3. The molecule has 0 fully saturated rings. The summed E-state index contributed by atoms with van der Waals surface area (Å²) in [5, 5.41) is 0.742. The second kappa shape index (κ2) is 4.90. The van der Waals surface area contributed by atoms with Gasteiger partial charge in [0, 0.05) is 34.7 Å². The van der Waals surface area contributed by atoms with E-state index >= 15 is 0 Å². The average Bonchev–Trinajstić information content (AvgIpc) is 2.59. The minimum Gasteiger partial charge on any atom is -0.330 e. The SMILES string of the molecule is CC1(C)CN(C(=O)CCCN)c2cccc(Cl)c21. The molecule has 4 heteroatoms. The highest BCUT2D eigenvalue weighted by molar-refractivity contribution is 6.32. The molecule has 1 aromatic carbocycles. The van der Waals surface area contributed by atoms with Crippen molar-refractivity contribution in [1.29, 1.82) is 0 Å². The first-order valence-corrected chi connectivity index (χ1v) is 6.64. The zero-order valence-electron chi connectivity index (χ0n) is 10.9. The van der Waals surface area contributed by atoms with Gasteiger partial charge in [0.05, 0.1) is 0 Å². The van der Waals surface area contributed by atoms with Gasteiger partial charge in [-0.15, -0.1) is 0 Å². The normalized spacial score (nSPS) is 16.8. The molecule has 2 rings (SSSR count). The van der Waals surface area contributed by atoms with Gasteiger partial charge in [0.15, 0.2) is 0 Å². The van der Waals surface area contributed by atoms with Gasteiger partial charge in [-0.05, 0) is 25.1 Å². The lowest BCUT2D eigenvalue weighted by molar-refractivity contribution is -0.118. The summed E-state index contributed by atoms with van der Waals surface area (Å²) in [5.74, 6) is 0.134. The number of hydrogen-bond donors (Lipinski definition) is 1. The number of fused-ring (bicyclic) bond motifs is 1. The van der Waals surface area contributed by atoms with E-state index in [0.717, 1.165) is 22.7 Å². The van der Waals surface area contributed by atoms with Crippen LogP contribution in [0.4, 0.5) is 5.69 Å². The van der Waals surface area contributed by atoms with Crippen molar-refractivity contribution in [1.82, 2.24) is 0 Å². The Morgan fingerprint density at radius 2 is 2.22 bits per heavy atom. The third kappa shape index (κ3) is 2.25. The molecule has 0 saturated heterocycles. The number of nitrogens with two attached hydrogens (primary N) is 1. The summed E-state index contributed by atoms with van der Waals surface area (Å²) in [6.45, 7) is 5.47. The molecule has 0 bridgehead atoms. The van der Waals surface area contributed by atoms with E-state index in [-0.39, 0.29) is 11.3 Å². The predicted octanol–water partition coefficient (Wildman–Crippen LogP) is 2.70. The minimum atomic E-state index is -0.0912. The molecular weight excluding hydrogens is 248 g/mol. The van der Waals surface area contributed by atoms with Crippen LogP contribution in [-0.2, 0) is 10.2 Å². The molecule has 98 valence electrons. The van der Waals surface area contributed by atoms with Crippen LogP contribution in [0.3, 0.4) is 0 Å². The summed E-state index contributed by atoms with van der Waals surface area (Å²) in [5.41, 5.74) is 7.39. The largest absolute Gasteiger partial charge is 0.330 e. The molecule has 1 aliphatic rings. The smallest absolute Gasteiger partial charge is 0.227 e. The average molecular weight is 267 g/mol. The molecule has 0 saturated carbocycles. The van der Waals surface area contributed by atoms with E-state index in [4.69, 9.17) is 17.3 Å². The van der Waals surface area contributed by atoms with Crippen LogP contribution < -0.4 is 10.6 Å². The van der Waals surface area contributed by atoms with Crippen LogP contribution in [0.25, 0.3) is 0 Å². The quantitative estimate of drug-likeness (QED) is 0.914. The van der Waals surface area contributed by atoms with Crippen LogP contribution in [-0.4, -0.2) is 19.0 Å². The van der Waals surface area contributed by atoms with Crippen molar-refractivity contribution in [3.05, 3.63) is 28.8 Å². The van der Waals surface area contributed by atoms with Gasteiger partial charge in [-0.1, -0.05) is 31.5 Å². The number of amides is 1. The van der Waals surface area contributed by atoms with Crippen molar-refractivity contribution in [2.24, 2.45) is 5.73 Å². The Hall–Kier alpha value is -1.06. The van der Waals surface area contributed by atoms with Gasteiger partial charge in [0.1, 0.15) is 0 Å². The second-order valence-corrected chi connectivity index (χ2v) is 5.80. The molecule has 1 heterocycles. The topological polar surface area (TPSA) is 46.3 Å². The van der Waals surface area contributed by atoms with E-state index in [9.17, 15) is 4.79 Å². The van der Waals surface area contributed by atoms with E-state index in [1.165, 1.54) is 0 Å². The first-order valence-electron chi connectivity index (χ1n) is 6.27. The predicted molar refractivity (Wildman–Crippen MR) is 75.1 cm³/mol. The summed E-state index contributed by atoms with van der Waals surface area (Å²) in [4.78, 5) is 14.0. The van der Waals surface area contributed by atoms with Gasteiger partial charge in [-0.3, -0.25) is 4.79 Å². The lowest BCUT2D eigenvalue weighted by atomic mass is 9.87. The fourth-order valence-corrected chi connectivity index (χ4v) is 3.00. The van der Waals surface area contributed by atoms with Gasteiger partial charge in [0.2, 0.25) is 5.91 Å². The van der Waals surface area contributed by atoms with E-state index in [1.807, 2.05) is 23.1 Å². The van der Waals surface area contributed by atoms with Crippen molar-refractivity contribution < 1.29 is 4.79 Å². The number of anilines is 1. The number of carbonyl (C=O) groups excluding carboxylic acids is 1. The highest BCUT2D eigenvalue weighted by atomic mass is 35.5. The Kier molecular flexibility index (Phi) is 3.64. The summed E-state index contributed by atoms with van der Waals surface area (Å²) in [6, 6.07) is 5.75. The summed E-state index contributed by atoms with van der Waals surface area (Å²) in [6.07, 6.45) is 1.23. The van der Waals surface area contributed by atoms with Crippen molar-refractivity contribution in [3.8, 4) is 0 Å². The highest BCUT2D eigenvalue weighted by Gasteiger charge is 2.39. The molecule has 0 atom stereocenters. The zero-order valence-corrected chi connectivity index (χ0v) is 11.6. The third-order valence-electron chi connectivity index (χ3n) is 3.41. The minimum absolute atomic E-state index is 0.0912. The van der Waals surface area contributed by atoms with Crippen molar-refractivity contribution >= 4 is 23.2 Å². The maximum Gasteiger partial charge on any atom is 0.227 e. The maximum absolute atomic E-state index is 12.2. The molecule has 1 aromatic rings. The van der Waals surface area contributed by atoms with Gasteiger partial charge in [0.25, 0.3) is 0 Å². The Bertz CT molecular complexity index is 471. The van der Waals surface area contributed by atoms with Crippen LogP contribution in [0.5, 0.6) is 0 Å². The standard InChI is InChI=1S/C14H19ClN2O/c1-14(2)9-17(12(18)7-4-8-16)11-6-3-5-10(15)13(11)14/h3,5-6H,4,7-9,16H2,1-2H3. The molecule has 18 heavy (non-hydrogen) atoms. The van der Waals surface area contributed by atoms with Gasteiger partial charge >= 0.3 is 0 Å². The van der Waals surface area contributed by atoms with Crippen LogP contribution in [0.1, 0.15) is 32.3 Å². The number of carbonyl (C=O) groups is 1. The molecule has 0 radical (unpaired) electrons. The van der Waals surface area contributed by atoms with Crippen molar-refractivity contribution in [2.45, 2.75) is 32.1 Å². The lowest BCUT2D eigenvalue weighted by Gasteiger charge is -2.21. The molecule has 3 nitrogen and oxygen atoms in total. The number of nitrogens with zero attached hydrogens (tertiary/aromatic N) is 1. The van der Waals surface area contributed by atoms with E-state index in [0.29, 0.717) is 19.5 Å². The van der Waals surface area contributed by atoms with E-state index in [2.05, 4.69) is 13.8 Å². The fraction of sp³-hybridized carbons (Fsp3) is 0.500. The molecule has 0 unspecified atom stereocenters. The fourth-order valence-electron chi connectivity index (χ4n) is 2.58. The molecule has 1 aliphatic heterocycles.